The lowest BCUT2D eigenvalue weighted by molar-refractivity contribution is -0.135. The number of nitrogens with one attached hydrogen (secondary N) is 1. The number of hydrogen-bond donors (Lipinski definition) is 2. The Balaban J connectivity index is 2.62. The molecule has 16 heavy (non-hydrogen) atoms. The largest absolute Gasteiger partial charge is 0.480 e. The van der Waals surface area contributed by atoms with Crippen LogP contribution in [-0.2, 0) is 19.5 Å². The first-order valence-electron chi connectivity index (χ1n) is 5.13. The summed E-state index contributed by atoms with van der Waals surface area (Å²) in [6, 6.07) is 0. The van der Waals surface area contributed by atoms with E-state index in [-0.39, 0.29) is 11.8 Å². The minimum Gasteiger partial charge on any atom is -0.480 e. The van der Waals surface area contributed by atoms with Crippen LogP contribution in [0.1, 0.15) is 25.7 Å². The van der Waals surface area contributed by atoms with Crippen LogP contribution in [0, 0.1) is 5.92 Å². The summed E-state index contributed by atoms with van der Waals surface area (Å²) in [6.07, 6.45) is 4.81. The van der Waals surface area contributed by atoms with E-state index in [2.05, 4.69) is 9.08 Å². The van der Waals surface area contributed by atoms with Gasteiger partial charge in [-0.2, -0.15) is 0 Å². The first-order chi connectivity index (χ1) is 7.41. The molecule has 1 rings (SSSR count). The number of nitrogens with zero attached hydrogens (tertiary/aromatic N) is 1. The van der Waals surface area contributed by atoms with Crippen LogP contribution < -0.4 is 4.72 Å². The zero-order valence-corrected chi connectivity index (χ0v) is 9.96. The zero-order chi connectivity index (χ0) is 12.2. The first kappa shape index (κ1) is 13.1. The molecule has 0 aromatic rings. The summed E-state index contributed by atoms with van der Waals surface area (Å²) in [4.78, 5) is 21.8. The minimum absolute atomic E-state index is 0.132. The Labute approximate surface area is 94.7 Å². The fourth-order valence-corrected chi connectivity index (χ4v) is 2.60. The molecule has 0 heterocycles. The summed E-state index contributed by atoms with van der Waals surface area (Å²) in [5.74, 6) is -1.63. The van der Waals surface area contributed by atoms with E-state index in [1.165, 1.54) is 6.26 Å². The number of carboxylic acids is 1. The van der Waals surface area contributed by atoms with Gasteiger partial charge in [-0.15, -0.1) is 4.36 Å². The maximum atomic E-state index is 11.7. The summed E-state index contributed by atoms with van der Waals surface area (Å²) in [6.45, 7) is -0.462. The summed E-state index contributed by atoms with van der Waals surface area (Å²) in [7, 11) is -2.92. The predicted octanol–water partition coefficient (Wildman–Crippen LogP) is 0.390. The van der Waals surface area contributed by atoms with Crippen LogP contribution >= 0.6 is 0 Å². The van der Waals surface area contributed by atoms with Crippen LogP contribution in [0.15, 0.2) is 4.36 Å². The van der Waals surface area contributed by atoms with Crippen molar-refractivity contribution in [2.75, 3.05) is 12.8 Å². The highest BCUT2D eigenvalue weighted by Gasteiger charge is 2.23. The molecule has 1 saturated carbocycles. The summed E-state index contributed by atoms with van der Waals surface area (Å²) in [5.41, 5.74) is 0. The highest BCUT2D eigenvalue weighted by atomic mass is 32.2. The van der Waals surface area contributed by atoms with Crippen molar-refractivity contribution in [3.8, 4) is 0 Å². The fraction of sp³-hybridized carbons (Fsp3) is 0.778. The van der Waals surface area contributed by atoms with Gasteiger partial charge in [0.25, 0.3) is 5.91 Å². The second kappa shape index (κ2) is 5.40. The van der Waals surface area contributed by atoms with E-state index in [0.717, 1.165) is 25.7 Å². The molecule has 1 amide bonds. The van der Waals surface area contributed by atoms with Gasteiger partial charge in [-0.25, -0.2) is 8.93 Å². The topological polar surface area (TPSA) is 95.8 Å². The molecule has 1 aliphatic rings. The Morgan fingerprint density at radius 3 is 2.50 bits per heavy atom. The summed E-state index contributed by atoms with van der Waals surface area (Å²) in [5, 5.41) is 8.41. The fourth-order valence-electron chi connectivity index (χ4n) is 1.65. The van der Waals surface area contributed by atoms with Crippen LogP contribution in [0.5, 0.6) is 0 Å². The Kier molecular flexibility index (Phi) is 4.43. The van der Waals surface area contributed by atoms with Gasteiger partial charge in [0.2, 0.25) is 0 Å². The van der Waals surface area contributed by atoms with E-state index in [4.69, 9.17) is 5.11 Å². The second-order valence-electron chi connectivity index (χ2n) is 3.93. The monoisotopic (exact) mass is 248 g/mol. The third kappa shape index (κ3) is 4.28. The average molecular weight is 248 g/mol. The van der Waals surface area contributed by atoms with Gasteiger partial charge >= 0.3 is 5.97 Å². The van der Waals surface area contributed by atoms with E-state index >= 15 is 0 Å². The SMILES string of the molecule is CS(=O)(=NC(=O)C1CCCC1)NCC(=O)O. The molecule has 1 atom stereocenters. The molecule has 0 aromatic carbocycles. The van der Waals surface area contributed by atoms with E-state index in [1.807, 2.05) is 0 Å². The van der Waals surface area contributed by atoms with Gasteiger partial charge in [0.15, 0.2) is 0 Å². The highest BCUT2D eigenvalue weighted by molar-refractivity contribution is 7.91. The maximum Gasteiger partial charge on any atom is 0.318 e. The van der Waals surface area contributed by atoms with E-state index in [1.54, 1.807) is 0 Å². The molecule has 1 unspecified atom stereocenters. The molecular formula is C9H16N2O4S. The number of aliphatic carboxylic acids is 1. The van der Waals surface area contributed by atoms with Gasteiger partial charge < -0.3 is 5.11 Å². The van der Waals surface area contributed by atoms with E-state index in [9.17, 15) is 13.8 Å². The number of carbonyl (C=O) groups excluding carboxylic acids is 1. The number of rotatable bonds is 4. The highest BCUT2D eigenvalue weighted by Crippen LogP contribution is 2.25. The van der Waals surface area contributed by atoms with Crippen molar-refractivity contribution in [1.82, 2.24) is 4.72 Å². The molecule has 92 valence electrons. The van der Waals surface area contributed by atoms with Gasteiger partial charge in [-0.1, -0.05) is 12.8 Å². The van der Waals surface area contributed by atoms with Crippen molar-refractivity contribution in [3.05, 3.63) is 0 Å². The van der Waals surface area contributed by atoms with E-state index < -0.39 is 22.4 Å². The Hall–Kier alpha value is -0.950. The summed E-state index contributed by atoms with van der Waals surface area (Å²) < 4.78 is 17.5. The van der Waals surface area contributed by atoms with Crippen LogP contribution in [-0.4, -0.2) is 34.0 Å². The molecule has 0 aliphatic heterocycles. The van der Waals surface area contributed by atoms with Crippen molar-refractivity contribution in [2.24, 2.45) is 10.3 Å². The Morgan fingerprint density at radius 1 is 1.44 bits per heavy atom. The third-order valence-electron chi connectivity index (χ3n) is 2.46. The van der Waals surface area contributed by atoms with Crippen LogP contribution in [0.2, 0.25) is 0 Å². The Bertz CT molecular complexity index is 392. The second-order valence-corrected chi connectivity index (χ2v) is 6.00. The molecule has 2 N–H and O–H groups in total. The molecule has 0 saturated heterocycles. The first-order valence-corrected chi connectivity index (χ1v) is 7.05. The minimum atomic E-state index is -2.92. The smallest absolute Gasteiger partial charge is 0.318 e. The zero-order valence-electron chi connectivity index (χ0n) is 9.14. The van der Waals surface area contributed by atoms with Crippen molar-refractivity contribution < 1.29 is 18.9 Å². The average Bonchev–Trinajstić information content (AvgIpc) is 2.67. The van der Waals surface area contributed by atoms with Crippen molar-refractivity contribution in [2.45, 2.75) is 25.7 Å². The lowest BCUT2D eigenvalue weighted by Crippen LogP contribution is -2.29. The van der Waals surface area contributed by atoms with Gasteiger partial charge in [-0.3, -0.25) is 9.59 Å². The Morgan fingerprint density at radius 2 is 2.00 bits per heavy atom. The number of carbonyl (C=O) groups is 2. The number of hydrogen-bond acceptors (Lipinski definition) is 3. The molecule has 0 radical (unpaired) electrons. The maximum absolute atomic E-state index is 11.7. The van der Waals surface area contributed by atoms with Gasteiger partial charge in [0, 0.05) is 12.2 Å². The molecule has 1 fully saturated rings. The van der Waals surface area contributed by atoms with Crippen molar-refractivity contribution in [3.63, 3.8) is 0 Å². The normalized spacial score (nSPS) is 20.3. The molecule has 6 nitrogen and oxygen atoms in total. The summed E-state index contributed by atoms with van der Waals surface area (Å²) >= 11 is 0. The van der Waals surface area contributed by atoms with Gasteiger partial charge in [-0.05, 0) is 12.8 Å². The van der Waals surface area contributed by atoms with Crippen molar-refractivity contribution >= 4 is 21.8 Å². The molecule has 0 bridgehead atoms. The lowest BCUT2D eigenvalue weighted by atomic mass is 10.1. The van der Waals surface area contributed by atoms with Crippen molar-refractivity contribution in [1.29, 1.82) is 0 Å². The molecule has 1 aliphatic carbocycles. The van der Waals surface area contributed by atoms with Gasteiger partial charge in [0.05, 0.1) is 0 Å². The van der Waals surface area contributed by atoms with Crippen LogP contribution in [0.3, 0.4) is 0 Å². The quantitative estimate of drug-likeness (QED) is 0.752. The lowest BCUT2D eigenvalue weighted by Gasteiger charge is -2.06. The van der Waals surface area contributed by atoms with Gasteiger partial charge in [0.1, 0.15) is 16.5 Å². The number of carboxylic acid groups (broad SMARTS) is 1. The van der Waals surface area contributed by atoms with Crippen LogP contribution in [0.4, 0.5) is 0 Å². The molecule has 0 spiro atoms. The predicted molar refractivity (Wildman–Crippen MR) is 59.1 cm³/mol. The third-order valence-corrected chi connectivity index (χ3v) is 3.67. The molecular weight excluding hydrogens is 232 g/mol. The standard InChI is InChI=1S/C9H16N2O4S/c1-16(15,10-6-8(12)13)11-9(14)7-4-2-3-5-7/h7H,2-6H2,1H3,(H,12,13)(H,10,11,14,15). The van der Waals surface area contributed by atoms with E-state index in [0.29, 0.717) is 0 Å². The number of amides is 1. The molecule has 7 heteroatoms. The van der Waals surface area contributed by atoms with Crippen LogP contribution in [0.25, 0.3) is 0 Å². The molecule has 0 aromatic heterocycles.